The Balaban J connectivity index is 1.95. The molecule has 2 atom stereocenters. The fourth-order valence-electron chi connectivity index (χ4n) is 2.73. The summed E-state index contributed by atoms with van der Waals surface area (Å²) in [6.45, 7) is 11.3. The standard InChI is InChI=1S/C19H25NO4/c1-12-10-16(17(12)11-23-13(2)21)14-6-8-15(9-7-14)20-18(22)24-19(3,4)5/h6-9,16-17H,1,10-11H2,2-5H3,(H,20,22)/t16-,17+/m1/s1. The molecule has 5 nitrogen and oxygen atoms in total. The van der Waals surface area contributed by atoms with Crippen molar-refractivity contribution in [3.63, 3.8) is 0 Å². The van der Waals surface area contributed by atoms with Gasteiger partial charge in [-0.25, -0.2) is 4.79 Å². The van der Waals surface area contributed by atoms with E-state index in [2.05, 4.69) is 11.9 Å². The number of anilines is 1. The van der Waals surface area contributed by atoms with E-state index < -0.39 is 11.7 Å². The molecule has 0 bridgehead atoms. The summed E-state index contributed by atoms with van der Waals surface area (Å²) in [6.07, 6.45) is 0.421. The molecule has 130 valence electrons. The van der Waals surface area contributed by atoms with E-state index in [1.165, 1.54) is 6.92 Å². The van der Waals surface area contributed by atoms with E-state index >= 15 is 0 Å². The summed E-state index contributed by atoms with van der Waals surface area (Å²) >= 11 is 0. The average molecular weight is 331 g/mol. The van der Waals surface area contributed by atoms with Crippen LogP contribution in [-0.4, -0.2) is 24.3 Å². The third kappa shape index (κ3) is 4.85. The SMILES string of the molecule is C=C1C[C@H](c2ccc(NC(=O)OC(C)(C)C)cc2)[C@H]1COC(C)=O. The van der Waals surface area contributed by atoms with Gasteiger partial charge in [0.2, 0.25) is 0 Å². The second kappa shape index (κ2) is 7.07. The second-order valence-corrected chi connectivity index (χ2v) is 7.13. The lowest BCUT2D eigenvalue weighted by atomic mass is 9.67. The number of esters is 1. The average Bonchev–Trinajstić information content (AvgIpc) is 2.43. The van der Waals surface area contributed by atoms with Crippen LogP contribution in [0.4, 0.5) is 10.5 Å². The molecule has 1 N–H and O–H groups in total. The van der Waals surface area contributed by atoms with Crippen LogP contribution in [0.5, 0.6) is 0 Å². The number of ether oxygens (including phenoxy) is 2. The third-order valence-electron chi connectivity index (χ3n) is 3.94. The molecule has 0 unspecified atom stereocenters. The molecule has 1 amide bonds. The molecule has 2 rings (SSSR count). The minimum Gasteiger partial charge on any atom is -0.465 e. The van der Waals surface area contributed by atoms with Crippen molar-refractivity contribution in [3.05, 3.63) is 42.0 Å². The zero-order chi connectivity index (χ0) is 17.9. The van der Waals surface area contributed by atoms with Crippen molar-refractivity contribution in [2.75, 3.05) is 11.9 Å². The van der Waals surface area contributed by atoms with Gasteiger partial charge in [-0.3, -0.25) is 10.1 Å². The van der Waals surface area contributed by atoms with Gasteiger partial charge in [-0.1, -0.05) is 24.3 Å². The first kappa shape index (κ1) is 18.0. The van der Waals surface area contributed by atoms with Crippen molar-refractivity contribution in [3.8, 4) is 0 Å². The van der Waals surface area contributed by atoms with Gasteiger partial charge in [-0.2, -0.15) is 0 Å². The summed E-state index contributed by atoms with van der Waals surface area (Å²) in [7, 11) is 0. The van der Waals surface area contributed by atoms with Gasteiger partial charge >= 0.3 is 12.1 Å². The maximum absolute atomic E-state index is 11.8. The number of carbonyl (C=O) groups is 2. The Kier molecular flexibility index (Phi) is 5.32. The highest BCUT2D eigenvalue weighted by molar-refractivity contribution is 5.84. The summed E-state index contributed by atoms with van der Waals surface area (Å²) in [6, 6.07) is 7.65. The molecule has 1 saturated carbocycles. The number of hydrogen-bond acceptors (Lipinski definition) is 4. The molecule has 0 radical (unpaired) electrons. The number of hydrogen-bond donors (Lipinski definition) is 1. The Bertz CT molecular complexity index is 628. The Morgan fingerprint density at radius 2 is 1.88 bits per heavy atom. The Morgan fingerprint density at radius 3 is 2.38 bits per heavy atom. The van der Waals surface area contributed by atoms with E-state index in [-0.39, 0.29) is 11.9 Å². The topological polar surface area (TPSA) is 64.6 Å². The Morgan fingerprint density at radius 1 is 1.25 bits per heavy atom. The van der Waals surface area contributed by atoms with Gasteiger partial charge in [-0.15, -0.1) is 0 Å². The van der Waals surface area contributed by atoms with Gasteiger partial charge in [0.05, 0.1) is 6.61 Å². The smallest absolute Gasteiger partial charge is 0.412 e. The zero-order valence-electron chi connectivity index (χ0n) is 14.7. The van der Waals surface area contributed by atoms with Crippen LogP contribution >= 0.6 is 0 Å². The van der Waals surface area contributed by atoms with Gasteiger partial charge in [0.25, 0.3) is 0 Å². The summed E-state index contributed by atoms with van der Waals surface area (Å²) in [4.78, 5) is 22.7. The fourth-order valence-corrected chi connectivity index (χ4v) is 2.73. The van der Waals surface area contributed by atoms with Crippen molar-refractivity contribution in [2.24, 2.45) is 5.92 Å². The minimum atomic E-state index is -0.528. The lowest BCUT2D eigenvalue weighted by molar-refractivity contribution is -0.142. The number of carbonyl (C=O) groups excluding carboxylic acids is 2. The summed E-state index contributed by atoms with van der Waals surface area (Å²) < 4.78 is 10.3. The van der Waals surface area contributed by atoms with Crippen LogP contribution in [0.25, 0.3) is 0 Å². The maximum Gasteiger partial charge on any atom is 0.412 e. The lowest BCUT2D eigenvalue weighted by Crippen LogP contribution is -2.31. The van der Waals surface area contributed by atoms with Gasteiger partial charge in [-0.05, 0) is 50.8 Å². The van der Waals surface area contributed by atoms with Crippen molar-refractivity contribution in [2.45, 2.75) is 45.6 Å². The number of rotatable bonds is 4. The first-order chi connectivity index (χ1) is 11.2. The zero-order valence-corrected chi connectivity index (χ0v) is 14.7. The molecule has 5 heteroatoms. The normalized spacial score (nSPS) is 20.1. The highest BCUT2D eigenvalue weighted by Crippen LogP contribution is 2.46. The molecule has 0 saturated heterocycles. The first-order valence-electron chi connectivity index (χ1n) is 8.06. The van der Waals surface area contributed by atoms with Crippen LogP contribution in [0.1, 0.15) is 45.6 Å². The fraction of sp³-hybridized carbons (Fsp3) is 0.474. The molecule has 0 spiro atoms. The van der Waals surface area contributed by atoms with Crippen molar-refractivity contribution >= 4 is 17.7 Å². The van der Waals surface area contributed by atoms with Crippen molar-refractivity contribution in [1.82, 2.24) is 0 Å². The van der Waals surface area contributed by atoms with E-state index in [4.69, 9.17) is 9.47 Å². The summed E-state index contributed by atoms with van der Waals surface area (Å²) in [5.74, 6) is 0.191. The summed E-state index contributed by atoms with van der Waals surface area (Å²) in [5.41, 5.74) is 2.41. The van der Waals surface area contributed by atoms with Crippen LogP contribution < -0.4 is 5.32 Å². The lowest BCUT2D eigenvalue weighted by Gasteiger charge is -2.39. The van der Waals surface area contributed by atoms with E-state index in [0.717, 1.165) is 17.6 Å². The molecule has 0 heterocycles. The van der Waals surface area contributed by atoms with Gasteiger partial charge < -0.3 is 9.47 Å². The molecule has 0 aromatic heterocycles. The quantitative estimate of drug-likeness (QED) is 0.661. The third-order valence-corrected chi connectivity index (χ3v) is 3.94. The molecule has 1 aromatic rings. The van der Waals surface area contributed by atoms with Crippen molar-refractivity contribution < 1.29 is 19.1 Å². The molecule has 0 aliphatic heterocycles. The molecule has 1 fully saturated rings. The van der Waals surface area contributed by atoms with E-state index in [1.807, 2.05) is 45.0 Å². The number of amides is 1. The predicted octanol–water partition coefficient (Wildman–Crippen LogP) is 4.26. The van der Waals surface area contributed by atoms with E-state index in [9.17, 15) is 9.59 Å². The Labute approximate surface area is 143 Å². The monoisotopic (exact) mass is 331 g/mol. The maximum atomic E-state index is 11.8. The van der Waals surface area contributed by atoms with Crippen LogP contribution in [0.3, 0.4) is 0 Å². The van der Waals surface area contributed by atoms with Gasteiger partial charge in [0.15, 0.2) is 0 Å². The van der Waals surface area contributed by atoms with Crippen LogP contribution in [0.2, 0.25) is 0 Å². The van der Waals surface area contributed by atoms with Gasteiger partial charge in [0.1, 0.15) is 5.60 Å². The second-order valence-electron chi connectivity index (χ2n) is 7.13. The molecule has 1 aliphatic rings. The van der Waals surface area contributed by atoms with Crippen LogP contribution in [0.15, 0.2) is 36.4 Å². The Hall–Kier alpha value is -2.30. The summed E-state index contributed by atoms with van der Waals surface area (Å²) in [5, 5.41) is 2.71. The van der Waals surface area contributed by atoms with Crippen molar-refractivity contribution in [1.29, 1.82) is 0 Å². The number of benzene rings is 1. The van der Waals surface area contributed by atoms with Crippen LogP contribution in [-0.2, 0) is 14.3 Å². The first-order valence-corrected chi connectivity index (χ1v) is 8.06. The molecule has 24 heavy (non-hydrogen) atoms. The van der Waals surface area contributed by atoms with E-state index in [1.54, 1.807) is 0 Å². The van der Waals surface area contributed by atoms with Crippen LogP contribution in [0, 0.1) is 5.92 Å². The van der Waals surface area contributed by atoms with Gasteiger partial charge in [0, 0.05) is 18.5 Å². The molecule has 1 aromatic carbocycles. The highest BCUT2D eigenvalue weighted by atomic mass is 16.6. The largest absolute Gasteiger partial charge is 0.465 e. The molecular formula is C19H25NO4. The number of nitrogens with one attached hydrogen (secondary N) is 1. The minimum absolute atomic E-state index is 0.165. The molecule has 1 aliphatic carbocycles. The van der Waals surface area contributed by atoms with E-state index in [0.29, 0.717) is 18.2 Å². The molecular weight excluding hydrogens is 306 g/mol. The predicted molar refractivity (Wildman–Crippen MR) is 92.9 cm³/mol. The highest BCUT2D eigenvalue weighted by Gasteiger charge is 2.36.